The van der Waals surface area contributed by atoms with Crippen LogP contribution in [-0.2, 0) is 5.41 Å². The lowest BCUT2D eigenvalue weighted by atomic mass is 9.80. The summed E-state index contributed by atoms with van der Waals surface area (Å²) in [5.74, 6) is 0.746. The van der Waals surface area contributed by atoms with Crippen molar-refractivity contribution < 1.29 is 0 Å². The van der Waals surface area contributed by atoms with Gasteiger partial charge in [0.1, 0.15) is 0 Å². The zero-order valence-corrected chi connectivity index (χ0v) is 29.7. The van der Waals surface area contributed by atoms with E-state index in [0.717, 1.165) is 33.9 Å². The van der Waals surface area contributed by atoms with Crippen LogP contribution in [0.25, 0.3) is 88.8 Å². The second kappa shape index (κ2) is 12.3. The third-order valence-electron chi connectivity index (χ3n) is 11.0. The second-order valence-corrected chi connectivity index (χ2v) is 14.5. The van der Waals surface area contributed by atoms with E-state index in [1.54, 1.807) is 0 Å². The molecule has 0 N–H and O–H groups in total. The Bertz CT molecular complexity index is 2840. The van der Waals surface area contributed by atoms with Crippen molar-refractivity contribution in [2.75, 3.05) is 0 Å². The minimum absolute atomic E-state index is 0.255. The fraction of sp³-hybridized carbons (Fsp3) is 0.0588. The van der Waals surface area contributed by atoms with Gasteiger partial charge in [-0.2, -0.15) is 0 Å². The van der Waals surface area contributed by atoms with Gasteiger partial charge in [0.15, 0.2) is 5.82 Å². The van der Waals surface area contributed by atoms with Gasteiger partial charge in [-0.1, -0.05) is 184 Å². The summed E-state index contributed by atoms with van der Waals surface area (Å²) >= 11 is 0. The van der Waals surface area contributed by atoms with Gasteiger partial charge in [-0.3, -0.25) is 0 Å². The van der Waals surface area contributed by atoms with Crippen molar-refractivity contribution in [2.24, 2.45) is 0 Å². The maximum atomic E-state index is 5.37. The van der Waals surface area contributed by atoms with E-state index in [-0.39, 0.29) is 5.41 Å². The largest absolute Gasteiger partial charge is 0.228 e. The summed E-state index contributed by atoms with van der Waals surface area (Å²) in [7, 11) is 0. The molecule has 0 bridgehead atoms. The molecule has 250 valence electrons. The zero-order chi connectivity index (χ0) is 35.5. The van der Waals surface area contributed by atoms with Gasteiger partial charge in [-0.05, 0) is 72.6 Å². The van der Waals surface area contributed by atoms with Gasteiger partial charge >= 0.3 is 0 Å². The molecule has 0 atom stereocenters. The zero-order valence-electron chi connectivity index (χ0n) is 29.7. The summed E-state index contributed by atoms with van der Waals surface area (Å²) in [4.78, 5) is 10.6. The third-order valence-corrected chi connectivity index (χ3v) is 11.0. The molecule has 1 aliphatic rings. The van der Waals surface area contributed by atoms with Crippen molar-refractivity contribution in [1.82, 2.24) is 9.97 Å². The van der Waals surface area contributed by atoms with Crippen LogP contribution in [0.15, 0.2) is 182 Å². The van der Waals surface area contributed by atoms with Crippen LogP contribution in [0, 0.1) is 0 Å². The van der Waals surface area contributed by atoms with Gasteiger partial charge in [0.25, 0.3) is 0 Å². The molecule has 2 heteroatoms. The Morgan fingerprint density at radius 1 is 0.358 bits per heavy atom. The van der Waals surface area contributed by atoms with Gasteiger partial charge < -0.3 is 0 Å². The number of hydrogen-bond acceptors (Lipinski definition) is 2. The van der Waals surface area contributed by atoms with Gasteiger partial charge in [0, 0.05) is 27.7 Å². The topological polar surface area (TPSA) is 25.8 Å². The highest BCUT2D eigenvalue weighted by atomic mass is 14.9. The molecule has 1 aliphatic carbocycles. The highest BCUT2D eigenvalue weighted by Gasteiger charge is 2.40. The Morgan fingerprint density at radius 3 is 1.53 bits per heavy atom. The Morgan fingerprint density at radius 2 is 0.849 bits per heavy atom. The first kappa shape index (κ1) is 31.1. The Labute approximate surface area is 310 Å². The normalized spacial score (nSPS) is 12.9. The van der Waals surface area contributed by atoms with Crippen LogP contribution in [0.5, 0.6) is 0 Å². The smallest absolute Gasteiger partial charge is 0.160 e. The first-order valence-electron chi connectivity index (χ1n) is 18.3. The van der Waals surface area contributed by atoms with Crippen molar-refractivity contribution in [3.05, 3.63) is 193 Å². The third kappa shape index (κ3) is 5.02. The molecule has 0 spiro atoms. The number of benzene rings is 8. The quantitative estimate of drug-likeness (QED) is 0.170. The fourth-order valence-electron chi connectivity index (χ4n) is 8.58. The standard InChI is InChI=1S/C51H36N2/c1-51(2)44-28-15-14-27-42(44)49-47(51)48(52-50(53-49)35-21-10-5-11-22-35)38-24-16-23-36(31-38)37-29-30-41-43(32-37)46(34-19-8-4-9-20-34)40-26-13-12-25-39(40)45(41)33-17-6-3-7-18-33/h3-32H,1-2H3. The summed E-state index contributed by atoms with van der Waals surface area (Å²) < 4.78 is 0. The van der Waals surface area contributed by atoms with E-state index < -0.39 is 0 Å². The molecule has 0 saturated carbocycles. The molecule has 0 fully saturated rings. The lowest BCUT2D eigenvalue weighted by Gasteiger charge is -2.24. The van der Waals surface area contributed by atoms with Crippen molar-refractivity contribution in [1.29, 1.82) is 0 Å². The minimum Gasteiger partial charge on any atom is -0.228 e. The van der Waals surface area contributed by atoms with Crippen LogP contribution in [-0.4, -0.2) is 9.97 Å². The van der Waals surface area contributed by atoms with Gasteiger partial charge in [-0.25, -0.2) is 9.97 Å². The molecule has 53 heavy (non-hydrogen) atoms. The SMILES string of the molecule is CC1(C)c2ccccc2-c2nc(-c3ccccc3)nc(-c3cccc(-c4ccc5c(-c6ccccc6)c6ccccc6c(-c6ccccc6)c5c4)c3)c21. The van der Waals surface area contributed by atoms with Crippen LogP contribution in [0.2, 0.25) is 0 Å². The van der Waals surface area contributed by atoms with Gasteiger partial charge in [0.05, 0.1) is 11.4 Å². The highest BCUT2D eigenvalue weighted by Crippen LogP contribution is 2.52. The molecule has 2 nitrogen and oxygen atoms in total. The second-order valence-electron chi connectivity index (χ2n) is 14.5. The number of aromatic nitrogens is 2. The molecule has 1 aromatic heterocycles. The van der Waals surface area contributed by atoms with E-state index in [2.05, 4.69) is 190 Å². The van der Waals surface area contributed by atoms with Gasteiger partial charge in [0.2, 0.25) is 0 Å². The molecule has 1 heterocycles. The van der Waals surface area contributed by atoms with E-state index in [0.29, 0.717) is 0 Å². The molecule has 0 unspecified atom stereocenters. The predicted molar refractivity (Wildman–Crippen MR) is 222 cm³/mol. The molecular formula is C51H36N2. The molecule has 10 rings (SSSR count). The lowest BCUT2D eigenvalue weighted by molar-refractivity contribution is 0.658. The summed E-state index contributed by atoms with van der Waals surface area (Å²) in [6.07, 6.45) is 0. The molecular weight excluding hydrogens is 641 g/mol. The summed E-state index contributed by atoms with van der Waals surface area (Å²) in [6, 6.07) is 65.5. The van der Waals surface area contributed by atoms with Gasteiger partial charge in [-0.15, -0.1) is 0 Å². The lowest BCUT2D eigenvalue weighted by Crippen LogP contribution is -2.17. The number of rotatable bonds is 5. The number of fused-ring (bicyclic) bond motifs is 5. The Hall–Kier alpha value is -6.64. The minimum atomic E-state index is -0.255. The van der Waals surface area contributed by atoms with Crippen LogP contribution in [0.1, 0.15) is 25.0 Å². The van der Waals surface area contributed by atoms with E-state index in [1.165, 1.54) is 66.1 Å². The van der Waals surface area contributed by atoms with Crippen LogP contribution >= 0.6 is 0 Å². The van der Waals surface area contributed by atoms with Crippen molar-refractivity contribution in [3.8, 4) is 67.3 Å². The van der Waals surface area contributed by atoms with Crippen LogP contribution in [0.4, 0.5) is 0 Å². The number of hydrogen-bond donors (Lipinski definition) is 0. The average molecular weight is 677 g/mol. The van der Waals surface area contributed by atoms with Crippen molar-refractivity contribution >= 4 is 21.5 Å². The maximum absolute atomic E-state index is 5.37. The average Bonchev–Trinajstić information content (AvgIpc) is 3.46. The number of nitrogens with zero attached hydrogens (tertiary/aromatic N) is 2. The van der Waals surface area contributed by atoms with E-state index in [1.807, 2.05) is 6.07 Å². The molecule has 0 amide bonds. The van der Waals surface area contributed by atoms with Crippen molar-refractivity contribution in [3.63, 3.8) is 0 Å². The molecule has 9 aromatic rings. The fourth-order valence-corrected chi connectivity index (χ4v) is 8.58. The summed E-state index contributed by atoms with van der Waals surface area (Å²) in [5.41, 5.74) is 14.8. The van der Waals surface area contributed by atoms with E-state index >= 15 is 0 Å². The van der Waals surface area contributed by atoms with Crippen LogP contribution < -0.4 is 0 Å². The molecule has 0 aliphatic heterocycles. The predicted octanol–water partition coefficient (Wildman–Crippen LogP) is 13.4. The van der Waals surface area contributed by atoms with E-state index in [4.69, 9.17) is 9.97 Å². The summed E-state index contributed by atoms with van der Waals surface area (Å²) in [6.45, 7) is 4.61. The molecule has 0 radical (unpaired) electrons. The summed E-state index contributed by atoms with van der Waals surface area (Å²) in [5, 5.41) is 5.00. The highest BCUT2D eigenvalue weighted by molar-refractivity contribution is 6.22. The van der Waals surface area contributed by atoms with Crippen molar-refractivity contribution in [2.45, 2.75) is 19.3 Å². The Kier molecular flexibility index (Phi) is 7.19. The maximum Gasteiger partial charge on any atom is 0.160 e. The van der Waals surface area contributed by atoms with Crippen LogP contribution in [0.3, 0.4) is 0 Å². The molecule has 0 saturated heterocycles. The Balaban J connectivity index is 1.21. The first-order valence-corrected chi connectivity index (χ1v) is 18.3. The monoisotopic (exact) mass is 676 g/mol. The van der Waals surface area contributed by atoms with E-state index in [9.17, 15) is 0 Å². The first-order chi connectivity index (χ1) is 26.1. The molecule has 8 aromatic carbocycles.